The van der Waals surface area contributed by atoms with Gasteiger partial charge in [0.25, 0.3) is 0 Å². The summed E-state index contributed by atoms with van der Waals surface area (Å²) in [6, 6.07) is 12.2. The maximum atomic E-state index is 5.91. The van der Waals surface area contributed by atoms with Crippen LogP contribution in [0.25, 0.3) is 10.9 Å². The Labute approximate surface area is 116 Å². The lowest BCUT2D eigenvalue weighted by atomic mass is 10.2. The Balaban J connectivity index is 1.70. The third-order valence-corrected chi connectivity index (χ3v) is 3.73. The summed E-state index contributed by atoms with van der Waals surface area (Å²) in [6.45, 7) is 0.626. The number of benzene rings is 1. The van der Waals surface area contributed by atoms with E-state index in [0.717, 1.165) is 22.3 Å². The molecule has 2 heterocycles. The Hall–Kier alpha value is -2.43. The summed E-state index contributed by atoms with van der Waals surface area (Å²) in [5, 5.41) is 9.30. The van der Waals surface area contributed by atoms with Gasteiger partial charge in [-0.2, -0.15) is 0 Å². The van der Waals surface area contributed by atoms with Gasteiger partial charge in [-0.3, -0.25) is 4.98 Å². The molecule has 1 aromatic carbocycles. The van der Waals surface area contributed by atoms with Gasteiger partial charge in [-0.25, -0.2) is 4.68 Å². The first-order valence-electron chi connectivity index (χ1n) is 6.85. The van der Waals surface area contributed by atoms with Crippen molar-refractivity contribution < 1.29 is 0 Å². The third kappa shape index (κ3) is 1.91. The van der Waals surface area contributed by atoms with Gasteiger partial charge in [0.1, 0.15) is 0 Å². The molecule has 2 N–H and O–H groups in total. The number of para-hydroxylation sites is 1. The quantitative estimate of drug-likeness (QED) is 0.789. The van der Waals surface area contributed by atoms with Crippen LogP contribution in [0.5, 0.6) is 0 Å². The summed E-state index contributed by atoms with van der Waals surface area (Å²) in [7, 11) is 0. The molecule has 3 aromatic rings. The highest BCUT2D eigenvalue weighted by Gasteiger charge is 2.30. The first-order chi connectivity index (χ1) is 9.81. The van der Waals surface area contributed by atoms with E-state index >= 15 is 0 Å². The fraction of sp³-hybridized carbons (Fsp3) is 0.267. The molecule has 0 aliphatic heterocycles. The molecule has 0 amide bonds. The van der Waals surface area contributed by atoms with E-state index in [9.17, 15) is 0 Å². The lowest BCUT2D eigenvalue weighted by Crippen LogP contribution is -2.08. The van der Waals surface area contributed by atoms with Gasteiger partial charge in [0, 0.05) is 11.3 Å². The van der Waals surface area contributed by atoms with Crippen LogP contribution in [-0.4, -0.2) is 20.0 Å². The van der Waals surface area contributed by atoms with Gasteiger partial charge in [-0.15, -0.1) is 5.10 Å². The van der Waals surface area contributed by atoms with Crippen LogP contribution in [-0.2, 0) is 6.54 Å². The van der Waals surface area contributed by atoms with E-state index in [-0.39, 0.29) is 0 Å². The maximum absolute atomic E-state index is 5.91. The number of nitrogens with two attached hydrogens (primary N) is 1. The molecule has 1 aliphatic rings. The standard InChI is InChI=1S/C15H15N5/c16-15-14(11-5-6-11)20(19-18-15)9-12-8-7-10-3-1-2-4-13(10)17-12/h1-4,7-8,11H,5-6,9,16H2. The molecule has 0 spiro atoms. The Morgan fingerprint density at radius 1 is 1.15 bits per heavy atom. The summed E-state index contributed by atoms with van der Waals surface area (Å²) < 4.78 is 1.89. The Morgan fingerprint density at radius 2 is 2.00 bits per heavy atom. The second kappa shape index (κ2) is 4.30. The Bertz CT molecular complexity index is 773. The van der Waals surface area contributed by atoms with Crippen LogP contribution < -0.4 is 5.73 Å². The van der Waals surface area contributed by atoms with Crippen LogP contribution in [0, 0.1) is 0 Å². The lowest BCUT2D eigenvalue weighted by molar-refractivity contribution is 0.611. The molecule has 20 heavy (non-hydrogen) atoms. The highest BCUT2D eigenvalue weighted by Crippen LogP contribution is 2.42. The highest BCUT2D eigenvalue weighted by molar-refractivity contribution is 5.78. The SMILES string of the molecule is Nc1nnn(Cc2ccc3ccccc3n2)c1C1CC1. The topological polar surface area (TPSA) is 69.6 Å². The minimum Gasteiger partial charge on any atom is -0.381 e. The number of nitrogens with zero attached hydrogens (tertiary/aromatic N) is 4. The Morgan fingerprint density at radius 3 is 2.85 bits per heavy atom. The number of anilines is 1. The molecule has 100 valence electrons. The number of aromatic nitrogens is 4. The summed E-state index contributed by atoms with van der Waals surface area (Å²) in [6.07, 6.45) is 2.37. The van der Waals surface area contributed by atoms with E-state index in [2.05, 4.69) is 27.4 Å². The fourth-order valence-electron chi connectivity index (χ4n) is 2.58. The average molecular weight is 265 g/mol. The van der Waals surface area contributed by atoms with Crippen molar-refractivity contribution in [2.75, 3.05) is 5.73 Å². The molecular formula is C15H15N5. The van der Waals surface area contributed by atoms with E-state index < -0.39 is 0 Å². The summed E-state index contributed by atoms with van der Waals surface area (Å²) in [4.78, 5) is 4.67. The zero-order valence-electron chi connectivity index (χ0n) is 11.0. The molecule has 0 atom stereocenters. The fourth-order valence-corrected chi connectivity index (χ4v) is 2.58. The summed E-state index contributed by atoms with van der Waals surface area (Å²) in [5.41, 5.74) is 8.97. The van der Waals surface area contributed by atoms with Crippen molar-refractivity contribution in [3.05, 3.63) is 47.8 Å². The van der Waals surface area contributed by atoms with Crippen LogP contribution in [0.4, 0.5) is 5.82 Å². The van der Waals surface area contributed by atoms with E-state index in [1.54, 1.807) is 0 Å². The van der Waals surface area contributed by atoms with Crippen molar-refractivity contribution in [3.63, 3.8) is 0 Å². The smallest absolute Gasteiger partial charge is 0.169 e. The van der Waals surface area contributed by atoms with Crippen molar-refractivity contribution in [1.29, 1.82) is 0 Å². The number of pyridine rings is 1. The number of hydrogen-bond donors (Lipinski definition) is 1. The largest absolute Gasteiger partial charge is 0.381 e. The zero-order chi connectivity index (χ0) is 13.5. The molecule has 2 aromatic heterocycles. The summed E-state index contributed by atoms with van der Waals surface area (Å²) >= 11 is 0. The van der Waals surface area contributed by atoms with Crippen LogP contribution >= 0.6 is 0 Å². The summed E-state index contributed by atoms with van der Waals surface area (Å²) in [5.74, 6) is 1.10. The van der Waals surface area contributed by atoms with Crippen molar-refractivity contribution >= 4 is 16.7 Å². The number of fused-ring (bicyclic) bond motifs is 1. The van der Waals surface area contributed by atoms with Gasteiger partial charge in [0.15, 0.2) is 5.82 Å². The van der Waals surface area contributed by atoms with Gasteiger partial charge < -0.3 is 5.73 Å². The number of nitrogen functional groups attached to an aromatic ring is 1. The number of hydrogen-bond acceptors (Lipinski definition) is 4. The van der Waals surface area contributed by atoms with E-state index in [0.29, 0.717) is 18.3 Å². The zero-order valence-corrected chi connectivity index (χ0v) is 11.0. The van der Waals surface area contributed by atoms with E-state index in [1.165, 1.54) is 12.8 Å². The van der Waals surface area contributed by atoms with Crippen LogP contribution in [0.3, 0.4) is 0 Å². The molecule has 5 heteroatoms. The lowest BCUT2D eigenvalue weighted by Gasteiger charge is -2.06. The first-order valence-corrected chi connectivity index (χ1v) is 6.85. The van der Waals surface area contributed by atoms with Crippen molar-refractivity contribution in [2.45, 2.75) is 25.3 Å². The molecule has 0 radical (unpaired) electrons. The second-order valence-corrected chi connectivity index (χ2v) is 5.29. The van der Waals surface area contributed by atoms with Gasteiger partial charge in [0.05, 0.1) is 23.4 Å². The van der Waals surface area contributed by atoms with Crippen LogP contribution in [0.2, 0.25) is 0 Å². The third-order valence-electron chi connectivity index (χ3n) is 3.73. The molecule has 0 saturated heterocycles. The van der Waals surface area contributed by atoms with Crippen molar-refractivity contribution in [1.82, 2.24) is 20.0 Å². The first kappa shape index (κ1) is 11.4. The molecule has 0 unspecified atom stereocenters. The van der Waals surface area contributed by atoms with E-state index in [1.807, 2.05) is 28.9 Å². The van der Waals surface area contributed by atoms with Gasteiger partial charge in [-0.05, 0) is 25.0 Å². The van der Waals surface area contributed by atoms with Crippen LogP contribution in [0.15, 0.2) is 36.4 Å². The van der Waals surface area contributed by atoms with Gasteiger partial charge in [-0.1, -0.05) is 29.5 Å². The molecule has 1 saturated carbocycles. The predicted molar refractivity (Wildman–Crippen MR) is 77.3 cm³/mol. The van der Waals surface area contributed by atoms with Crippen molar-refractivity contribution in [3.8, 4) is 0 Å². The molecule has 4 rings (SSSR count). The predicted octanol–water partition coefficient (Wildman–Crippen LogP) is 2.33. The Kier molecular flexibility index (Phi) is 2.45. The van der Waals surface area contributed by atoms with Crippen LogP contribution in [0.1, 0.15) is 30.1 Å². The normalized spacial score (nSPS) is 14.8. The molecule has 1 aliphatic carbocycles. The monoisotopic (exact) mass is 265 g/mol. The minimum absolute atomic E-state index is 0.533. The average Bonchev–Trinajstić information content (AvgIpc) is 3.24. The highest BCUT2D eigenvalue weighted by atomic mass is 15.4. The second-order valence-electron chi connectivity index (χ2n) is 5.29. The molecular weight excluding hydrogens is 250 g/mol. The molecule has 5 nitrogen and oxygen atoms in total. The number of rotatable bonds is 3. The van der Waals surface area contributed by atoms with Gasteiger partial charge in [0.2, 0.25) is 0 Å². The van der Waals surface area contributed by atoms with E-state index in [4.69, 9.17) is 5.73 Å². The maximum Gasteiger partial charge on any atom is 0.169 e. The van der Waals surface area contributed by atoms with Gasteiger partial charge >= 0.3 is 0 Å². The molecule has 1 fully saturated rings. The van der Waals surface area contributed by atoms with Crippen molar-refractivity contribution in [2.24, 2.45) is 0 Å². The minimum atomic E-state index is 0.533. The molecule has 0 bridgehead atoms.